The number of nitrogens with one attached hydrogen (secondary N) is 1. The normalized spacial score (nSPS) is 11.4. The van der Waals surface area contributed by atoms with Crippen LogP contribution >= 0.6 is 0 Å². The number of pyridine rings is 1. The van der Waals surface area contributed by atoms with Gasteiger partial charge in [0.25, 0.3) is 0 Å². The minimum absolute atomic E-state index is 0.493. The smallest absolute Gasteiger partial charge is 0.0447 e. The summed E-state index contributed by atoms with van der Waals surface area (Å²) in [4.78, 5) is 6.93. The Morgan fingerprint density at radius 3 is 2.47 bits per heavy atom. The molecule has 0 unspecified atom stereocenters. The van der Waals surface area contributed by atoms with Crippen LogP contribution in [0.25, 0.3) is 0 Å². The molecule has 0 saturated carbocycles. The molecule has 1 N–H and O–H groups in total. The number of hydrogen-bond acceptors (Lipinski definition) is 3. The lowest BCUT2D eigenvalue weighted by Gasteiger charge is -2.31. The molecular weight excluding hydrogens is 234 g/mol. The average molecular weight is 263 g/mol. The Balaban J connectivity index is 3.03. The third-order valence-electron chi connectivity index (χ3n) is 3.20. The zero-order valence-electron chi connectivity index (χ0n) is 13.3. The van der Waals surface area contributed by atoms with Crippen LogP contribution in [0.5, 0.6) is 0 Å². The van der Waals surface area contributed by atoms with Gasteiger partial charge in [-0.05, 0) is 33.3 Å². The zero-order chi connectivity index (χ0) is 14.4. The molecule has 0 saturated heterocycles. The molecule has 0 atom stereocenters. The minimum atomic E-state index is 0.493. The van der Waals surface area contributed by atoms with E-state index in [-0.39, 0.29) is 0 Å². The Morgan fingerprint density at radius 1 is 1.26 bits per heavy atom. The van der Waals surface area contributed by atoms with Gasteiger partial charge in [0.2, 0.25) is 0 Å². The fourth-order valence-corrected chi connectivity index (χ4v) is 2.19. The van der Waals surface area contributed by atoms with Crippen LogP contribution in [-0.2, 0) is 6.54 Å². The molecule has 1 aromatic rings. The highest BCUT2D eigenvalue weighted by Crippen LogP contribution is 2.23. The maximum Gasteiger partial charge on any atom is 0.0447 e. The molecule has 0 bridgehead atoms. The Bertz CT molecular complexity index is 386. The van der Waals surface area contributed by atoms with Gasteiger partial charge in [0.05, 0.1) is 0 Å². The molecule has 3 heteroatoms. The van der Waals surface area contributed by atoms with Gasteiger partial charge in [-0.25, -0.2) is 0 Å². The van der Waals surface area contributed by atoms with E-state index in [0.29, 0.717) is 12.1 Å². The van der Waals surface area contributed by atoms with Crippen LogP contribution < -0.4 is 10.2 Å². The molecule has 19 heavy (non-hydrogen) atoms. The van der Waals surface area contributed by atoms with Crippen LogP contribution in [-0.4, -0.2) is 23.6 Å². The molecular formula is C16H29N3. The second-order valence-electron chi connectivity index (χ2n) is 5.78. The number of aryl methyl sites for hydroxylation is 1. The minimum Gasteiger partial charge on any atom is -0.369 e. The van der Waals surface area contributed by atoms with Crippen molar-refractivity contribution in [3.05, 3.63) is 23.5 Å². The fraction of sp³-hybridized carbons (Fsp3) is 0.688. The first-order chi connectivity index (χ1) is 8.95. The number of hydrogen-bond donors (Lipinski definition) is 1. The summed E-state index contributed by atoms with van der Waals surface area (Å²) in [7, 11) is 0. The van der Waals surface area contributed by atoms with Gasteiger partial charge < -0.3 is 10.2 Å². The molecule has 3 nitrogen and oxygen atoms in total. The summed E-state index contributed by atoms with van der Waals surface area (Å²) >= 11 is 0. The van der Waals surface area contributed by atoms with Crippen LogP contribution in [0.15, 0.2) is 12.3 Å². The molecule has 0 aliphatic rings. The van der Waals surface area contributed by atoms with Crippen molar-refractivity contribution in [2.24, 2.45) is 0 Å². The lowest BCUT2D eigenvalue weighted by molar-refractivity contribution is 0.583. The largest absolute Gasteiger partial charge is 0.369 e. The molecule has 0 amide bonds. The maximum atomic E-state index is 4.45. The monoisotopic (exact) mass is 263 g/mol. The Labute approximate surface area is 118 Å². The van der Waals surface area contributed by atoms with E-state index >= 15 is 0 Å². The second kappa shape index (κ2) is 7.49. The van der Waals surface area contributed by atoms with Crippen LogP contribution in [0.3, 0.4) is 0 Å². The lowest BCUT2D eigenvalue weighted by atomic mass is 10.1. The summed E-state index contributed by atoms with van der Waals surface area (Å²) in [5, 5.41) is 3.49. The quantitative estimate of drug-likeness (QED) is 0.816. The van der Waals surface area contributed by atoms with Crippen LogP contribution in [0.4, 0.5) is 5.69 Å². The number of anilines is 1. The van der Waals surface area contributed by atoms with Crippen molar-refractivity contribution in [1.82, 2.24) is 10.3 Å². The predicted molar refractivity (Wildman–Crippen MR) is 83.7 cm³/mol. The van der Waals surface area contributed by atoms with E-state index in [4.69, 9.17) is 0 Å². The Morgan fingerprint density at radius 2 is 1.95 bits per heavy atom. The topological polar surface area (TPSA) is 28.2 Å². The summed E-state index contributed by atoms with van der Waals surface area (Å²) < 4.78 is 0. The van der Waals surface area contributed by atoms with E-state index < -0.39 is 0 Å². The van der Waals surface area contributed by atoms with Crippen molar-refractivity contribution in [2.45, 2.75) is 66.6 Å². The van der Waals surface area contributed by atoms with E-state index in [9.17, 15) is 0 Å². The molecule has 1 heterocycles. The van der Waals surface area contributed by atoms with Crippen molar-refractivity contribution < 1.29 is 0 Å². The fourth-order valence-electron chi connectivity index (χ4n) is 2.19. The molecule has 0 radical (unpaired) electrons. The first kappa shape index (κ1) is 16.0. The summed E-state index contributed by atoms with van der Waals surface area (Å²) in [6, 6.07) is 3.22. The Hall–Kier alpha value is -1.09. The van der Waals surface area contributed by atoms with Crippen molar-refractivity contribution in [2.75, 3.05) is 11.4 Å². The highest BCUT2D eigenvalue weighted by Gasteiger charge is 2.14. The van der Waals surface area contributed by atoms with Gasteiger partial charge in [-0.2, -0.15) is 0 Å². The SMILES string of the molecule is CCCN(c1cc(C)ncc1CNC(C)C)C(C)C. The lowest BCUT2D eigenvalue weighted by Crippen LogP contribution is -2.33. The molecule has 1 aromatic heterocycles. The van der Waals surface area contributed by atoms with Crippen LogP contribution in [0.1, 0.15) is 52.3 Å². The van der Waals surface area contributed by atoms with Crippen molar-refractivity contribution in [1.29, 1.82) is 0 Å². The van der Waals surface area contributed by atoms with Crippen molar-refractivity contribution in [3.63, 3.8) is 0 Å². The molecule has 0 spiro atoms. The van der Waals surface area contributed by atoms with E-state index in [2.05, 4.69) is 62.8 Å². The highest BCUT2D eigenvalue weighted by atomic mass is 15.2. The molecule has 0 aliphatic heterocycles. The summed E-state index contributed by atoms with van der Waals surface area (Å²) in [6.07, 6.45) is 3.18. The summed E-state index contributed by atoms with van der Waals surface area (Å²) in [5.74, 6) is 0. The van der Waals surface area contributed by atoms with Gasteiger partial charge in [-0.1, -0.05) is 20.8 Å². The molecule has 0 aliphatic carbocycles. The van der Waals surface area contributed by atoms with E-state index in [1.54, 1.807) is 0 Å². The van der Waals surface area contributed by atoms with Gasteiger partial charge in [0, 0.05) is 48.3 Å². The molecule has 1 rings (SSSR count). The third-order valence-corrected chi connectivity index (χ3v) is 3.20. The molecule has 0 aromatic carbocycles. The first-order valence-electron chi connectivity index (χ1n) is 7.41. The van der Waals surface area contributed by atoms with Crippen LogP contribution in [0.2, 0.25) is 0 Å². The van der Waals surface area contributed by atoms with Gasteiger partial charge in [0.15, 0.2) is 0 Å². The van der Waals surface area contributed by atoms with E-state index in [1.807, 2.05) is 6.20 Å². The second-order valence-corrected chi connectivity index (χ2v) is 5.78. The average Bonchev–Trinajstić information content (AvgIpc) is 2.33. The molecule has 108 valence electrons. The number of nitrogens with zero attached hydrogens (tertiary/aromatic N) is 2. The van der Waals surface area contributed by atoms with Crippen molar-refractivity contribution >= 4 is 5.69 Å². The van der Waals surface area contributed by atoms with Gasteiger partial charge >= 0.3 is 0 Å². The summed E-state index contributed by atoms with van der Waals surface area (Å²) in [6.45, 7) is 15.1. The summed E-state index contributed by atoms with van der Waals surface area (Å²) in [5.41, 5.74) is 3.71. The third kappa shape index (κ3) is 4.83. The standard InChI is InChI=1S/C16H29N3/c1-7-8-19(13(4)5)16-9-14(6)18-11-15(16)10-17-12(2)3/h9,11-13,17H,7-8,10H2,1-6H3. The van der Waals surface area contributed by atoms with Gasteiger partial charge in [-0.3, -0.25) is 4.98 Å². The maximum absolute atomic E-state index is 4.45. The van der Waals surface area contributed by atoms with Gasteiger partial charge in [-0.15, -0.1) is 0 Å². The highest BCUT2D eigenvalue weighted by molar-refractivity contribution is 5.54. The van der Waals surface area contributed by atoms with Gasteiger partial charge in [0.1, 0.15) is 0 Å². The van der Waals surface area contributed by atoms with E-state index in [1.165, 1.54) is 11.3 Å². The van der Waals surface area contributed by atoms with Crippen molar-refractivity contribution in [3.8, 4) is 0 Å². The number of rotatable bonds is 7. The number of aromatic nitrogens is 1. The van der Waals surface area contributed by atoms with E-state index in [0.717, 1.165) is 25.2 Å². The molecule has 0 fully saturated rings. The first-order valence-corrected chi connectivity index (χ1v) is 7.41. The van der Waals surface area contributed by atoms with Crippen LogP contribution in [0, 0.1) is 6.92 Å². The predicted octanol–water partition coefficient (Wildman–Crippen LogP) is 3.51. The Kier molecular flexibility index (Phi) is 6.29. The zero-order valence-corrected chi connectivity index (χ0v) is 13.3.